The maximum absolute atomic E-state index is 13.7. The second kappa shape index (κ2) is 6.45. The zero-order chi connectivity index (χ0) is 18.9. The van der Waals surface area contributed by atoms with Crippen molar-refractivity contribution in [1.82, 2.24) is 0 Å². The molecule has 0 radical (unpaired) electrons. The molecule has 2 aromatic carbocycles. The highest BCUT2D eigenvalue weighted by Gasteiger charge is 2.72. The molecular formula is C15H10F6O4. The smallest absolute Gasteiger partial charge is 0.340 e. The Kier molecular flexibility index (Phi) is 4.87. The molecule has 0 aliphatic rings. The van der Waals surface area contributed by atoms with Crippen molar-refractivity contribution in [3.63, 3.8) is 0 Å². The molecule has 2 rings (SSSR count). The van der Waals surface area contributed by atoms with E-state index in [0.717, 1.165) is 24.3 Å². The summed E-state index contributed by atoms with van der Waals surface area (Å²) in [4.78, 5) is 7.56. The predicted octanol–water partition coefficient (Wildman–Crippen LogP) is 4.80. The highest BCUT2D eigenvalue weighted by Crippen LogP contribution is 2.56. The standard InChI is InChI=1S/C15H10F6O4/c16-14(17,18)13(15(19,20)21,9-1-5-11(24-22)6-2-9)10-3-7-12(25-23)8-4-10/h1-8,22-23H. The monoisotopic (exact) mass is 368 g/mol. The Morgan fingerprint density at radius 3 is 1.04 bits per heavy atom. The summed E-state index contributed by atoms with van der Waals surface area (Å²) in [5.74, 6) is -0.656. The van der Waals surface area contributed by atoms with Crippen LogP contribution in [0.25, 0.3) is 0 Å². The van der Waals surface area contributed by atoms with E-state index in [2.05, 4.69) is 9.78 Å². The molecular weight excluding hydrogens is 358 g/mol. The van der Waals surface area contributed by atoms with Gasteiger partial charge >= 0.3 is 12.4 Å². The van der Waals surface area contributed by atoms with Crippen LogP contribution in [-0.2, 0) is 5.41 Å². The molecule has 2 aromatic rings. The van der Waals surface area contributed by atoms with Gasteiger partial charge in [-0.2, -0.15) is 26.3 Å². The summed E-state index contributed by atoms with van der Waals surface area (Å²) in [5.41, 5.74) is -6.57. The minimum absolute atomic E-state index is 0.328. The van der Waals surface area contributed by atoms with Crippen LogP contribution < -0.4 is 9.78 Å². The Balaban J connectivity index is 2.80. The summed E-state index contributed by atoms with van der Waals surface area (Å²) in [6.07, 6.45) is -11.5. The van der Waals surface area contributed by atoms with Crippen molar-refractivity contribution < 1.29 is 46.6 Å². The SMILES string of the molecule is OOc1ccc(C(c2ccc(OO)cc2)(C(F)(F)F)C(F)(F)F)cc1. The summed E-state index contributed by atoms with van der Waals surface area (Å²) in [5, 5.41) is 16.9. The minimum atomic E-state index is -5.74. The van der Waals surface area contributed by atoms with Crippen molar-refractivity contribution in [2.45, 2.75) is 17.8 Å². The number of hydrogen-bond acceptors (Lipinski definition) is 4. The molecule has 0 amide bonds. The third-order valence-corrected chi connectivity index (χ3v) is 3.64. The van der Waals surface area contributed by atoms with E-state index < -0.39 is 28.9 Å². The van der Waals surface area contributed by atoms with E-state index in [1.165, 1.54) is 0 Å². The van der Waals surface area contributed by atoms with E-state index in [1.807, 2.05) is 0 Å². The summed E-state index contributed by atoms with van der Waals surface area (Å²) < 4.78 is 82.4. The number of hydrogen-bond donors (Lipinski definition) is 2. The maximum atomic E-state index is 13.7. The molecule has 25 heavy (non-hydrogen) atoms. The lowest BCUT2D eigenvalue weighted by atomic mass is 9.73. The predicted molar refractivity (Wildman–Crippen MR) is 72.3 cm³/mol. The molecule has 0 heterocycles. The number of halogens is 6. The molecule has 10 heteroatoms. The normalized spacial score (nSPS) is 12.8. The highest BCUT2D eigenvalue weighted by atomic mass is 19.4. The quantitative estimate of drug-likeness (QED) is 0.462. The molecule has 0 fully saturated rings. The van der Waals surface area contributed by atoms with Crippen molar-refractivity contribution in [3.8, 4) is 11.5 Å². The minimum Gasteiger partial charge on any atom is -0.340 e. The third kappa shape index (κ3) is 3.10. The molecule has 0 aliphatic carbocycles. The third-order valence-electron chi connectivity index (χ3n) is 3.64. The fourth-order valence-electron chi connectivity index (χ4n) is 2.51. The van der Waals surface area contributed by atoms with Gasteiger partial charge in [-0.25, -0.2) is 10.5 Å². The summed E-state index contributed by atoms with van der Waals surface area (Å²) >= 11 is 0. The van der Waals surface area contributed by atoms with Gasteiger partial charge in [0, 0.05) is 0 Å². The van der Waals surface area contributed by atoms with Crippen molar-refractivity contribution in [2.75, 3.05) is 0 Å². The molecule has 0 saturated carbocycles. The van der Waals surface area contributed by atoms with E-state index in [9.17, 15) is 26.3 Å². The fourth-order valence-corrected chi connectivity index (χ4v) is 2.51. The molecule has 0 atom stereocenters. The largest absolute Gasteiger partial charge is 0.411 e. The molecule has 0 saturated heterocycles. The lowest BCUT2D eigenvalue weighted by Gasteiger charge is -2.38. The topological polar surface area (TPSA) is 58.9 Å². The molecule has 0 unspecified atom stereocenters. The fraction of sp³-hybridized carbons (Fsp3) is 0.200. The van der Waals surface area contributed by atoms with Crippen LogP contribution in [-0.4, -0.2) is 22.9 Å². The average molecular weight is 368 g/mol. The van der Waals surface area contributed by atoms with Crippen molar-refractivity contribution in [3.05, 3.63) is 59.7 Å². The molecule has 0 spiro atoms. The molecule has 0 aliphatic heterocycles. The Hall–Kier alpha value is -2.46. The van der Waals surface area contributed by atoms with Crippen LogP contribution in [0.5, 0.6) is 11.5 Å². The van der Waals surface area contributed by atoms with Gasteiger partial charge in [-0.1, -0.05) is 24.3 Å². The summed E-state index contributed by atoms with van der Waals surface area (Å²) in [6.45, 7) is 0. The van der Waals surface area contributed by atoms with E-state index in [0.29, 0.717) is 24.3 Å². The molecule has 0 aromatic heterocycles. The van der Waals surface area contributed by atoms with Gasteiger partial charge in [-0.05, 0) is 35.4 Å². The van der Waals surface area contributed by atoms with Crippen LogP contribution in [0, 0.1) is 0 Å². The zero-order valence-corrected chi connectivity index (χ0v) is 12.1. The first kappa shape index (κ1) is 18.9. The molecule has 4 nitrogen and oxygen atoms in total. The van der Waals surface area contributed by atoms with Crippen molar-refractivity contribution in [2.24, 2.45) is 0 Å². The second-order valence-corrected chi connectivity index (χ2v) is 4.98. The Morgan fingerprint density at radius 1 is 0.560 bits per heavy atom. The molecule has 0 bridgehead atoms. The van der Waals surface area contributed by atoms with Crippen LogP contribution in [0.4, 0.5) is 26.3 Å². The first-order valence-electron chi connectivity index (χ1n) is 6.55. The zero-order valence-electron chi connectivity index (χ0n) is 12.1. The van der Waals surface area contributed by atoms with Crippen LogP contribution in [0.1, 0.15) is 11.1 Å². The lowest BCUT2D eigenvalue weighted by molar-refractivity contribution is -0.288. The lowest BCUT2D eigenvalue weighted by Crippen LogP contribution is -2.54. The van der Waals surface area contributed by atoms with Gasteiger partial charge in [0.15, 0.2) is 11.5 Å². The van der Waals surface area contributed by atoms with Gasteiger partial charge < -0.3 is 9.78 Å². The van der Waals surface area contributed by atoms with E-state index in [-0.39, 0.29) is 11.5 Å². The Bertz CT molecular complexity index is 643. The molecule has 136 valence electrons. The van der Waals surface area contributed by atoms with Crippen LogP contribution in [0.3, 0.4) is 0 Å². The van der Waals surface area contributed by atoms with E-state index in [4.69, 9.17) is 10.5 Å². The number of rotatable bonds is 4. The highest BCUT2D eigenvalue weighted by molar-refractivity contribution is 5.46. The Morgan fingerprint density at radius 2 is 0.840 bits per heavy atom. The average Bonchev–Trinajstić information content (AvgIpc) is 2.54. The number of benzene rings is 2. The van der Waals surface area contributed by atoms with Gasteiger partial charge in [0.2, 0.25) is 5.41 Å². The van der Waals surface area contributed by atoms with Gasteiger partial charge in [0.25, 0.3) is 0 Å². The van der Waals surface area contributed by atoms with Crippen molar-refractivity contribution in [1.29, 1.82) is 0 Å². The van der Waals surface area contributed by atoms with Crippen molar-refractivity contribution >= 4 is 0 Å². The number of alkyl halides is 6. The van der Waals surface area contributed by atoms with E-state index in [1.54, 1.807) is 0 Å². The second-order valence-electron chi connectivity index (χ2n) is 4.98. The van der Waals surface area contributed by atoms with Crippen LogP contribution in [0.2, 0.25) is 0 Å². The summed E-state index contributed by atoms with van der Waals surface area (Å²) in [6, 6.07) is 5.32. The summed E-state index contributed by atoms with van der Waals surface area (Å²) in [7, 11) is 0. The van der Waals surface area contributed by atoms with Gasteiger partial charge in [-0.3, -0.25) is 0 Å². The molecule has 2 N–H and O–H groups in total. The Labute approximate surface area is 136 Å². The first-order chi connectivity index (χ1) is 11.6. The van der Waals surface area contributed by atoms with Gasteiger partial charge in [0.05, 0.1) is 0 Å². The van der Waals surface area contributed by atoms with Gasteiger partial charge in [0.1, 0.15) is 0 Å². The maximum Gasteiger partial charge on any atom is 0.411 e. The van der Waals surface area contributed by atoms with E-state index >= 15 is 0 Å². The van der Waals surface area contributed by atoms with Crippen LogP contribution >= 0.6 is 0 Å². The van der Waals surface area contributed by atoms with Crippen LogP contribution in [0.15, 0.2) is 48.5 Å². The first-order valence-corrected chi connectivity index (χ1v) is 6.55. The van der Waals surface area contributed by atoms with Gasteiger partial charge in [-0.15, -0.1) is 0 Å².